The van der Waals surface area contributed by atoms with Crippen LogP contribution in [0, 0.1) is 0 Å². The Morgan fingerprint density at radius 1 is 1.67 bits per heavy atom. The van der Waals surface area contributed by atoms with E-state index in [-0.39, 0.29) is 6.61 Å². The molecule has 54 valence electrons. The third-order valence-electron chi connectivity index (χ3n) is 1.43. The van der Waals surface area contributed by atoms with Crippen LogP contribution in [0.1, 0.15) is 6.42 Å². The van der Waals surface area contributed by atoms with Crippen molar-refractivity contribution in [3.8, 4) is 0 Å². The molecule has 0 aromatic rings. The highest BCUT2D eigenvalue weighted by atomic mass is 16.5. The molecular formula is C5H11NO3. The van der Waals surface area contributed by atoms with Crippen LogP contribution in [0.15, 0.2) is 0 Å². The van der Waals surface area contributed by atoms with Gasteiger partial charge in [0.1, 0.15) is 12.3 Å². The largest absolute Gasteiger partial charge is 0.394 e. The van der Waals surface area contributed by atoms with Gasteiger partial charge in [0.15, 0.2) is 0 Å². The van der Waals surface area contributed by atoms with E-state index in [1.54, 1.807) is 0 Å². The Labute approximate surface area is 53.2 Å². The molecular weight excluding hydrogens is 122 g/mol. The van der Waals surface area contributed by atoms with Gasteiger partial charge in [0.25, 0.3) is 0 Å². The van der Waals surface area contributed by atoms with E-state index >= 15 is 0 Å². The minimum absolute atomic E-state index is 0.158. The van der Waals surface area contributed by atoms with Crippen LogP contribution in [-0.2, 0) is 4.74 Å². The lowest BCUT2D eigenvalue weighted by Crippen LogP contribution is -2.25. The molecule has 1 rings (SSSR count). The molecule has 1 aliphatic heterocycles. The predicted molar refractivity (Wildman–Crippen MR) is 30.6 cm³/mol. The summed E-state index contributed by atoms with van der Waals surface area (Å²) in [5, 5.41) is 17.5. The summed E-state index contributed by atoms with van der Waals surface area (Å²) in [6.07, 6.45) is -1.05. The topological polar surface area (TPSA) is 75.7 Å². The zero-order chi connectivity index (χ0) is 6.85. The second-order valence-corrected chi connectivity index (χ2v) is 2.20. The van der Waals surface area contributed by atoms with Crippen molar-refractivity contribution in [3.05, 3.63) is 0 Å². The average molecular weight is 133 g/mol. The first kappa shape index (κ1) is 6.95. The molecule has 0 aromatic heterocycles. The molecule has 0 unspecified atom stereocenters. The van der Waals surface area contributed by atoms with Crippen molar-refractivity contribution in [3.63, 3.8) is 0 Å². The van der Waals surface area contributed by atoms with Gasteiger partial charge in [-0.2, -0.15) is 0 Å². The van der Waals surface area contributed by atoms with Gasteiger partial charge in [0.05, 0.1) is 12.7 Å². The molecule has 0 saturated carbocycles. The highest BCUT2D eigenvalue weighted by molar-refractivity contribution is 4.77. The Morgan fingerprint density at radius 2 is 2.33 bits per heavy atom. The van der Waals surface area contributed by atoms with Gasteiger partial charge in [-0.25, -0.2) is 0 Å². The first-order valence-corrected chi connectivity index (χ1v) is 2.94. The van der Waals surface area contributed by atoms with Crippen molar-refractivity contribution in [1.82, 2.24) is 0 Å². The van der Waals surface area contributed by atoms with Crippen molar-refractivity contribution in [2.75, 3.05) is 6.61 Å². The molecule has 1 heterocycles. The van der Waals surface area contributed by atoms with Gasteiger partial charge < -0.3 is 20.7 Å². The van der Waals surface area contributed by atoms with Crippen LogP contribution in [0.2, 0.25) is 0 Å². The Hall–Kier alpha value is -0.160. The fraction of sp³-hybridized carbons (Fsp3) is 1.00. The molecule has 9 heavy (non-hydrogen) atoms. The monoisotopic (exact) mass is 133 g/mol. The van der Waals surface area contributed by atoms with Crippen molar-refractivity contribution in [2.45, 2.75) is 24.9 Å². The van der Waals surface area contributed by atoms with Gasteiger partial charge >= 0.3 is 0 Å². The normalized spacial score (nSPS) is 43.7. The zero-order valence-electron chi connectivity index (χ0n) is 5.03. The molecule has 4 nitrogen and oxygen atoms in total. The smallest absolute Gasteiger partial charge is 0.109 e. The van der Waals surface area contributed by atoms with E-state index in [0.717, 1.165) is 0 Å². The van der Waals surface area contributed by atoms with E-state index in [1.807, 2.05) is 0 Å². The number of aliphatic hydroxyl groups excluding tert-OH is 2. The summed E-state index contributed by atoms with van der Waals surface area (Å²) in [5.41, 5.74) is 5.30. The highest BCUT2D eigenvalue weighted by Crippen LogP contribution is 2.15. The zero-order valence-corrected chi connectivity index (χ0v) is 5.03. The van der Waals surface area contributed by atoms with E-state index in [4.69, 9.17) is 20.7 Å². The second kappa shape index (κ2) is 2.62. The number of rotatable bonds is 1. The highest BCUT2D eigenvalue weighted by Gasteiger charge is 2.30. The standard InChI is InChI=1S/C5H11NO3/c6-5-1-3(8)4(2-7)9-5/h3-5,7-8H,1-2,6H2/t3-,4-,5-/m1/s1. The molecule has 0 bridgehead atoms. The summed E-state index contributed by atoms with van der Waals surface area (Å²) in [5.74, 6) is 0. The van der Waals surface area contributed by atoms with Crippen molar-refractivity contribution >= 4 is 0 Å². The van der Waals surface area contributed by atoms with E-state index in [0.29, 0.717) is 6.42 Å². The molecule has 0 amide bonds. The first-order valence-electron chi connectivity index (χ1n) is 2.94. The molecule has 0 spiro atoms. The van der Waals surface area contributed by atoms with Gasteiger partial charge in [0.2, 0.25) is 0 Å². The summed E-state index contributed by atoms with van der Waals surface area (Å²) in [4.78, 5) is 0. The fourth-order valence-corrected chi connectivity index (χ4v) is 0.925. The molecule has 1 aliphatic rings. The van der Waals surface area contributed by atoms with Gasteiger partial charge in [-0.15, -0.1) is 0 Å². The van der Waals surface area contributed by atoms with Crippen LogP contribution in [-0.4, -0.2) is 35.3 Å². The maximum Gasteiger partial charge on any atom is 0.109 e. The van der Waals surface area contributed by atoms with Crippen LogP contribution in [0.4, 0.5) is 0 Å². The van der Waals surface area contributed by atoms with Crippen LogP contribution >= 0.6 is 0 Å². The summed E-state index contributed by atoms with van der Waals surface area (Å²) in [6, 6.07) is 0. The van der Waals surface area contributed by atoms with Crippen LogP contribution in [0.5, 0.6) is 0 Å². The fourth-order valence-electron chi connectivity index (χ4n) is 0.925. The second-order valence-electron chi connectivity index (χ2n) is 2.20. The molecule has 0 aliphatic carbocycles. The van der Waals surface area contributed by atoms with Crippen LogP contribution < -0.4 is 5.73 Å². The lowest BCUT2D eigenvalue weighted by Gasteiger charge is -2.08. The van der Waals surface area contributed by atoms with Gasteiger partial charge in [0, 0.05) is 6.42 Å². The number of hydrogen-bond donors (Lipinski definition) is 3. The molecule has 0 radical (unpaired) electrons. The average Bonchev–Trinajstić information content (AvgIpc) is 2.10. The lowest BCUT2D eigenvalue weighted by atomic mass is 10.2. The maximum absolute atomic E-state index is 8.99. The Balaban J connectivity index is 2.38. The van der Waals surface area contributed by atoms with Gasteiger partial charge in [-0.3, -0.25) is 0 Å². The van der Waals surface area contributed by atoms with E-state index in [1.165, 1.54) is 0 Å². The molecule has 3 atom stereocenters. The Bertz CT molecular complexity index is 98.2. The summed E-state index contributed by atoms with van der Waals surface area (Å²) in [6.45, 7) is -0.158. The SMILES string of the molecule is N[C@H]1C[C@@H](O)[C@@H](CO)O1. The van der Waals surface area contributed by atoms with Crippen molar-refractivity contribution in [2.24, 2.45) is 5.73 Å². The van der Waals surface area contributed by atoms with Crippen molar-refractivity contribution in [1.29, 1.82) is 0 Å². The molecule has 1 fully saturated rings. The number of ether oxygens (including phenoxy) is 1. The summed E-state index contributed by atoms with van der Waals surface area (Å²) in [7, 11) is 0. The lowest BCUT2D eigenvalue weighted by molar-refractivity contribution is -0.0200. The Kier molecular flexibility index (Phi) is 2.02. The minimum atomic E-state index is -0.593. The maximum atomic E-state index is 8.99. The molecule has 0 aromatic carbocycles. The molecule has 4 N–H and O–H groups in total. The third kappa shape index (κ3) is 1.40. The number of aliphatic hydroxyl groups is 2. The molecule has 1 saturated heterocycles. The van der Waals surface area contributed by atoms with E-state index < -0.39 is 18.4 Å². The van der Waals surface area contributed by atoms with Gasteiger partial charge in [-0.1, -0.05) is 0 Å². The number of hydrogen-bond acceptors (Lipinski definition) is 4. The Morgan fingerprint density at radius 3 is 2.56 bits per heavy atom. The quantitative estimate of drug-likeness (QED) is 0.403. The number of nitrogens with two attached hydrogens (primary N) is 1. The van der Waals surface area contributed by atoms with E-state index in [9.17, 15) is 0 Å². The minimum Gasteiger partial charge on any atom is -0.394 e. The first-order chi connectivity index (χ1) is 4.24. The van der Waals surface area contributed by atoms with Crippen LogP contribution in [0.25, 0.3) is 0 Å². The van der Waals surface area contributed by atoms with Crippen molar-refractivity contribution < 1.29 is 14.9 Å². The van der Waals surface area contributed by atoms with E-state index in [2.05, 4.69) is 0 Å². The summed E-state index contributed by atoms with van der Waals surface area (Å²) < 4.78 is 4.90. The summed E-state index contributed by atoms with van der Waals surface area (Å²) >= 11 is 0. The van der Waals surface area contributed by atoms with Crippen LogP contribution in [0.3, 0.4) is 0 Å². The van der Waals surface area contributed by atoms with Gasteiger partial charge in [-0.05, 0) is 0 Å². The predicted octanol–water partition coefficient (Wildman–Crippen LogP) is -1.59. The third-order valence-corrected chi connectivity index (χ3v) is 1.43. The molecule has 4 heteroatoms.